The maximum atomic E-state index is 11.4. The van der Waals surface area contributed by atoms with Crippen molar-refractivity contribution in [2.45, 2.75) is 39.0 Å². The molecule has 0 saturated carbocycles. The molecule has 2 aromatic rings. The van der Waals surface area contributed by atoms with Crippen LogP contribution in [-0.4, -0.2) is 60.6 Å². The maximum absolute atomic E-state index is 11.4. The standard InChI is InChI=1S/C23H29NO8/c25-13-18-5-1-3-16(22(18)31)9-15(10-20(27)28)7-8-24(12-21(29)30)11-17-4-2-6-19(14-26)23(17)32/h1-6,15,25-26,31-32H,7-14H2,(H,27,28)(H,29,30). The predicted octanol–water partition coefficient (Wildman–Crippen LogP) is 1.69. The molecule has 0 bridgehead atoms. The Kier molecular flexibility index (Phi) is 9.45. The normalized spacial score (nSPS) is 12.1. The number of carbonyl (C=O) groups is 2. The maximum Gasteiger partial charge on any atom is 0.317 e. The number of rotatable bonds is 13. The van der Waals surface area contributed by atoms with Gasteiger partial charge in [-0.2, -0.15) is 0 Å². The number of hydrogen-bond acceptors (Lipinski definition) is 7. The molecule has 174 valence electrons. The van der Waals surface area contributed by atoms with E-state index in [0.29, 0.717) is 28.7 Å². The van der Waals surface area contributed by atoms with Gasteiger partial charge in [0.05, 0.1) is 19.8 Å². The number of aliphatic hydroxyl groups excluding tert-OH is 2. The summed E-state index contributed by atoms with van der Waals surface area (Å²) in [6.45, 7) is -0.653. The minimum atomic E-state index is -1.06. The Morgan fingerprint density at radius 1 is 0.812 bits per heavy atom. The molecule has 0 radical (unpaired) electrons. The summed E-state index contributed by atoms with van der Waals surface area (Å²) in [6.07, 6.45) is 0.413. The van der Waals surface area contributed by atoms with Crippen molar-refractivity contribution in [3.63, 3.8) is 0 Å². The molecule has 0 aliphatic rings. The number of aliphatic hydroxyl groups is 2. The highest BCUT2D eigenvalue weighted by Gasteiger charge is 2.20. The van der Waals surface area contributed by atoms with Crippen LogP contribution < -0.4 is 0 Å². The number of nitrogens with zero attached hydrogens (tertiary/aromatic N) is 1. The van der Waals surface area contributed by atoms with Crippen molar-refractivity contribution in [3.8, 4) is 11.5 Å². The second-order valence-electron chi connectivity index (χ2n) is 7.73. The number of aromatic hydroxyl groups is 2. The molecule has 1 atom stereocenters. The molecule has 6 N–H and O–H groups in total. The number of carboxylic acids is 2. The second kappa shape index (κ2) is 12.0. The molecule has 0 saturated heterocycles. The zero-order valence-corrected chi connectivity index (χ0v) is 17.6. The van der Waals surface area contributed by atoms with Crippen molar-refractivity contribution in [2.24, 2.45) is 5.92 Å². The van der Waals surface area contributed by atoms with Gasteiger partial charge in [-0.3, -0.25) is 14.5 Å². The minimum Gasteiger partial charge on any atom is -0.507 e. The zero-order chi connectivity index (χ0) is 23.7. The number of hydrogen-bond donors (Lipinski definition) is 6. The van der Waals surface area contributed by atoms with Gasteiger partial charge in [-0.15, -0.1) is 0 Å². The van der Waals surface area contributed by atoms with Crippen LogP contribution in [0.5, 0.6) is 11.5 Å². The number of para-hydroxylation sites is 2. The molecule has 32 heavy (non-hydrogen) atoms. The monoisotopic (exact) mass is 447 g/mol. The highest BCUT2D eigenvalue weighted by molar-refractivity contribution is 5.69. The number of benzene rings is 2. The molecule has 2 rings (SSSR count). The van der Waals surface area contributed by atoms with Crippen LogP contribution in [0.1, 0.15) is 35.1 Å². The summed E-state index contributed by atoms with van der Waals surface area (Å²) in [4.78, 5) is 24.3. The molecule has 9 heteroatoms. The first kappa shape index (κ1) is 25.1. The molecule has 0 aliphatic heterocycles. The summed E-state index contributed by atoms with van der Waals surface area (Å²) >= 11 is 0. The van der Waals surface area contributed by atoms with E-state index in [0.717, 1.165) is 0 Å². The Hall–Kier alpha value is -3.14. The summed E-state index contributed by atoms with van der Waals surface area (Å²) < 4.78 is 0. The lowest BCUT2D eigenvalue weighted by molar-refractivity contribution is -0.140. The molecule has 0 fully saturated rings. The molecule has 0 aromatic heterocycles. The SMILES string of the molecule is O=C(O)CC(CCN(CC(=O)O)Cc1cccc(CO)c1O)Cc1cccc(CO)c1O. The van der Waals surface area contributed by atoms with Crippen LogP contribution in [0.3, 0.4) is 0 Å². The Bertz CT molecular complexity index is 855. The Balaban J connectivity index is 2.16. The van der Waals surface area contributed by atoms with Crippen molar-refractivity contribution < 1.29 is 40.2 Å². The van der Waals surface area contributed by atoms with Gasteiger partial charge in [0.25, 0.3) is 0 Å². The van der Waals surface area contributed by atoms with Crippen LogP contribution in [0, 0.1) is 5.92 Å². The first-order valence-electron chi connectivity index (χ1n) is 10.2. The molecule has 1 unspecified atom stereocenters. The fourth-order valence-electron chi connectivity index (χ4n) is 3.68. The van der Waals surface area contributed by atoms with Crippen molar-refractivity contribution >= 4 is 11.9 Å². The van der Waals surface area contributed by atoms with E-state index >= 15 is 0 Å². The van der Waals surface area contributed by atoms with E-state index < -0.39 is 11.9 Å². The van der Waals surface area contributed by atoms with Crippen LogP contribution in [-0.2, 0) is 35.8 Å². The van der Waals surface area contributed by atoms with Crippen LogP contribution >= 0.6 is 0 Å². The second-order valence-corrected chi connectivity index (χ2v) is 7.73. The van der Waals surface area contributed by atoms with E-state index in [-0.39, 0.29) is 63.1 Å². The van der Waals surface area contributed by atoms with Gasteiger partial charge in [-0.05, 0) is 30.9 Å². The first-order chi connectivity index (χ1) is 15.2. The van der Waals surface area contributed by atoms with Gasteiger partial charge in [0.1, 0.15) is 11.5 Å². The minimum absolute atomic E-state index is 0.0708. The molecule has 0 amide bonds. The van der Waals surface area contributed by atoms with E-state index in [9.17, 15) is 40.2 Å². The summed E-state index contributed by atoms with van der Waals surface area (Å²) in [5.41, 5.74) is 1.66. The van der Waals surface area contributed by atoms with Gasteiger partial charge < -0.3 is 30.6 Å². The van der Waals surface area contributed by atoms with Crippen LogP contribution in [0.2, 0.25) is 0 Å². The number of aliphatic carboxylic acids is 2. The molecule has 0 aliphatic carbocycles. The summed E-state index contributed by atoms with van der Waals surface area (Å²) in [5.74, 6) is -2.63. The third-order valence-corrected chi connectivity index (χ3v) is 5.33. The Labute approximate surface area is 185 Å². The van der Waals surface area contributed by atoms with E-state index in [4.69, 9.17) is 0 Å². The van der Waals surface area contributed by atoms with Crippen LogP contribution in [0.4, 0.5) is 0 Å². The molecule has 0 heterocycles. The fraction of sp³-hybridized carbons (Fsp3) is 0.391. The van der Waals surface area contributed by atoms with Gasteiger partial charge in [0.15, 0.2) is 0 Å². The third kappa shape index (κ3) is 7.23. The van der Waals surface area contributed by atoms with Gasteiger partial charge in [0, 0.05) is 29.7 Å². The molecule has 9 nitrogen and oxygen atoms in total. The predicted molar refractivity (Wildman–Crippen MR) is 115 cm³/mol. The largest absolute Gasteiger partial charge is 0.507 e. The first-order valence-corrected chi connectivity index (χ1v) is 10.2. The fourth-order valence-corrected chi connectivity index (χ4v) is 3.68. The Morgan fingerprint density at radius 2 is 1.34 bits per heavy atom. The lowest BCUT2D eigenvalue weighted by Gasteiger charge is -2.24. The van der Waals surface area contributed by atoms with Crippen molar-refractivity contribution in [1.82, 2.24) is 4.90 Å². The van der Waals surface area contributed by atoms with E-state index in [1.54, 1.807) is 41.3 Å². The van der Waals surface area contributed by atoms with Crippen molar-refractivity contribution in [1.29, 1.82) is 0 Å². The molecular weight excluding hydrogens is 418 g/mol. The average Bonchev–Trinajstić information content (AvgIpc) is 2.74. The summed E-state index contributed by atoms with van der Waals surface area (Å²) in [6, 6.07) is 9.77. The van der Waals surface area contributed by atoms with Crippen molar-refractivity contribution in [2.75, 3.05) is 13.1 Å². The van der Waals surface area contributed by atoms with Gasteiger partial charge >= 0.3 is 11.9 Å². The summed E-state index contributed by atoms with van der Waals surface area (Å²) in [5, 5.41) is 57.8. The van der Waals surface area contributed by atoms with Gasteiger partial charge in [-0.1, -0.05) is 36.4 Å². The third-order valence-electron chi connectivity index (χ3n) is 5.33. The van der Waals surface area contributed by atoms with Crippen LogP contribution in [0.15, 0.2) is 36.4 Å². The highest BCUT2D eigenvalue weighted by Crippen LogP contribution is 2.28. The van der Waals surface area contributed by atoms with Crippen molar-refractivity contribution in [3.05, 3.63) is 58.7 Å². The quantitative estimate of drug-likeness (QED) is 0.269. The topological polar surface area (TPSA) is 159 Å². The molecule has 0 spiro atoms. The lowest BCUT2D eigenvalue weighted by atomic mass is 9.91. The number of carboxylic acid groups (broad SMARTS) is 2. The lowest BCUT2D eigenvalue weighted by Crippen LogP contribution is -2.32. The number of phenols is 2. The average molecular weight is 447 g/mol. The van der Waals surface area contributed by atoms with Gasteiger partial charge in [0.2, 0.25) is 0 Å². The van der Waals surface area contributed by atoms with E-state index in [1.165, 1.54) is 0 Å². The van der Waals surface area contributed by atoms with Gasteiger partial charge in [-0.25, -0.2) is 0 Å². The van der Waals surface area contributed by atoms with E-state index in [2.05, 4.69) is 0 Å². The van der Waals surface area contributed by atoms with Crippen LogP contribution in [0.25, 0.3) is 0 Å². The molecule has 2 aromatic carbocycles. The Morgan fingerprint density at radius 3 is 1.88 bits per heavy atom. The smallest absolute Gasteiger partial charge is 0.317 e. The van der Waals surface area contributed by atoms with E-state index in [1.807, 2.05) is 0 Å². The molecular formula is C23H29NO8. The highest BCUT2D eigenvalue weighted by atomic mass is 16.4. The summed E-state index contributed by atoms with van der Waals surface area (Å²) in [7, 11) is 0. The zero-order valence-electron chi connectivity index (χ0n) is 17.6.